The van der Waals surface area contributed by atoms with Crippen LogP contribution in [-0.4, -0.2) is 25.3 Å². The van der Waals surface area contributed by atoms with Gasteiger partial charge in [0.05, 0.1) is 13.3 Å². The highest BCUT2D eigenvalue weighted by Crippen LogP contribution is 2.20. The normalized spacial score (nSPS) is 16.5. The van der Waals surface area contributed by atoms with Crippen LogP contribution in [0.4, 0.5) is 5.69 Å². The van der Waals surface area contributed by atoms with E-state index in [-0.39, 0.29) is 0 Å². The van der Waals surface area contributed by atoms with Gasteiger partial charge < -0.3 is 4.90 Å². The van der Waals surface area contributed by atoms with Gasteiger partial charge in [-0.05, 0) is 31.7 Å². The summed E-state index contributed by atoms with van der Waals surface area (Å²) >= 11 is 0. The van der Waals surface area contributed by atoms with Gasteiger partial charge in [0.15, 0.2) is 0 Å². The average Bonchev–Trinajstić information content (AvgIpc) is 2.23. The highest BCUT2D eigenvalue weighted by Gasteiger charge is 2.19. The molecule has 2 heteroatoms. The summed E-state index contributed by atoms with van der Waals surface area (Å²) in [4.78, 5) is 4.61. The SMILES string of the molecule is C=C(C)/C=C/c1ccc(N2CN(C)C2)cc1. The van der Waals surface area contributed by atoms with Crippen molar-refractivity contribution in [1.82, 2.24) is 4.90 Å². The molecular weight excluding hydrogens is 196 g/mol. The van der Waals surface area contributed by atoms with Gasteiger partial charge in [-0.25, -0.2) is 0 Å². The van der Waals surface area contributed by atoms with Gasteiger partial charge in [0, 0.05) is 5.69 Å². The van der Waals surface area contributed by atoms with Crippen LogP contribution in [0.1, 0.15) is 12.5 Å². The van der Waals surface area contributed by atoms with Crippen molar-refractivity contribution in [2.24, 2.45) is 0 Å². The van der Waals surface area contributed by atoms with Crippen molar-refractivity contribution < 1.29 is 0 Å². The van der Waals surface area contributed by atoms with E-state index in [0.717, 1.165) is 18.9 Å². The average molecular weight is 214 g/mol. The number of hydrogen-bond acceptors (Lipinski definition) is 2. The van der Waals surface area contributed by atoms with Crippen LogP contribution in [0.3, 0.4) is 0 Å². The topological polar surface area (TPSA) is 6.48 Å². The standard InChI is InChI=1S/C14H18N2/c1-12(2)4-5-13-6-8-14(9-7-13)16-10-15(3)11-16/h4-9H,1,10-11H2,2-3H3/b5-4+. The molecule has 1 fully saturated rings. The molecule has 0 aromatic heterocycles. The third kappa shape index (κ3) is 2.52. The molecular formula is C14H18N2. The molecule has 2 nitrogen and oxygen atoms in total. The first kappa shape index (κ1) is 11.0. The van der Waals surface area contributed by atoms with E-state index in [9.17, 15) is 0 Å². The summed E-state index contributed by atoms with van der Waals surface area (Å²) in [6.07, 6.45) is 4.13. The van der Waals surface area contributed by atoms with Crippen LogP contribution in [0.2, 0.25) is 0 Å². The highest BCUT2D eigenvalue weighted by atomic mass is 15.5. The van der Waals surface area contributed by atoms with E-state index in [1.54, 1.807) is 0 Å². The summed E-state index contributed by atoms with van der Waals surface area (Å²) in [6, 6.07) is 8.64. The minimum absolute atomic E-state index is 1.03. The zero-order valence-electron chi connectivity index (χ0n) is 9.98. The summed E-state index contributed by atoms with van der Waals surface area (Å²) in [5.41, 5.74) is 3.60. The maximum atomic E-state index is 3.85. The van der Waals surface area contributed by atoms with Crippen LogP contribution in [0.15, 0.2) is 42.5 Å². The molecule has 2 rings (SSSR count). The lowest BCUT2D eigenvalue weighted by atomic mass is 10.1. The van der Waals surface area contributed by atoms with E-state index in [1.807, 2.05) is 13.0 Å². The molecule has 0 radical (unpaired) electrons. The zero-order chi connectivity index (χ0) is 11.5. The first-order chi connectivity index (χ1) is 7.65. The summed E-state index contributed by atoms with van der Waals surface area (Å²) in [5.74, 6) is 0. The Hall–Kier alpha value is -1.54. The summed E-state index contributed by atoms with van der Waals surface area (Å²) in [6.45, 7) is 7.90. The molecule has 1 aromatic carbocycles. The van der Waals surface area contributed by atoms with Crippen LogP contribution in [0.5, 0.6) is 0 Å². The number of rotatable bonds is 3. The van der Waals surface area contributed by atoms with Crippen LogP contribution in [0, 0.1) is 0 Å². The molecule has 1 aliphatic heterocycles. The van der Waals surface area contributed by atoms with Crippen molar-refractivity contribution in [2.45, 2.75) is 6.92 Å². The predicted molar refractivity (Wildman–Crippen MR) is 70.3 cm³/mol. The molecule has 0 amide bonds. The Morgan fingerprint density at radius 3 is 2.38 bits per heavy atom. The molecule has 1 aromatic rings. The minimum atomic E-state index is 1.03. The van der Waals surface area contributed by atoms with Crippen molar-refractivity contribution in [1.29, 1.82) is 0 Å². The Bertz CT molecular complexity index is 397. The monoisotopic (exact) mass is 214 g/mol. The van der Waals surface area contributed by atoms with Crippen molar-refractivity contribution in [3.63, 3.8) is 0 Å². The van der Waals surface area contributed by atoms with Crippen LogP contribution < -0.4 is 4.90 Å². The molecule has 0 aliphatic carbocycles. The van der Waals surface area contributed by atoms with Gasteiger partial charge in [-0.2, -0.15) is 0 Å². The Morgan fingerprint density at radius 2 is 1.88 bits per heavy atom. The Balaban J connectivity index is 2.02. The molecule has 0 unspecified atom stereocenters. The fourth-order valence-corrected chi connectivity index (χ4v) is 1.74. The molecule has 84 valence electrons. The zero-order valence-corrected chi connectivity index (χ0v) is 9.98. The number of anilines is 1. The third-order valence-electron chi connectivity index (χ3n) is 2.64. The highest BCUT2D eigenvalue weighted by molar-refractivity contribution is 5.57. The second kappa shape index (κ2) is 4.54. The molecule has 0 atom stereocenters. The van der Waals surface area contributed by atoms with Crippen LogP contribution >= 0.6 is 0 Å². The Kier molecular flexibility index (Phi) is 3.11. The van der Waals surface area contributed by atoms with Gasteiger partial charge in [0.1, 0.15) is 0 Å². The maximum absolute atomic E-state index is 3.85. The molecule has 16 heavy (non-hydrogen) atoms. The van der Waals surface area contributed by atoms with Gasteiger partial charge in [0.2, 0.25) is 0 Å². The number of hydrogen-bond donors (Lipinski definition) is 0. The van der Waals surface area contributed by atoms with Gasteiger partial charge in [-0.15, -0.1) is 0 Å². The second-order valence-electron chi connectivity index (χ2n) is 4.45. The Labute approximate surface area is 97.5 Å². The van der Waals surface area contributed by atoms with E-state index in [4.69, 9.17) is 0 Å². The van der Waals surface area contributed by atoms with Crippen molar-refractivity contribution in [2.75, 3.05) is 25.3 Å². The van der Waals surface area contributed by atoms with Crippen LogP contribution in [0.25, 0.3) is 6.08 Å². The number of nitrogens with zero attached hydrogens (tertiary/aromatic N) is 2. The molecule has 0 saturated carbocycles. The summed E-state index contributed by atoms with van der Waals surface area (Å²) < 4.78 is 0. The fourth-order valence-electron chi connectivity index (χ4n) is 1.74. The molecule has 1 saturated heterocycles. The minimum Gasteiger partial charge on any atom is -0.345 e. The molecule has 1 heterocycles. The van der Waals surface area contributed by atoms with E-state index in [0.29, 0.717) is 0 Å². The van der Waals surface area contributed by atoms with Crippen LogP contribution in [-0.2, 0) is 0 Å². The van der Waals surface area contributed by atoms with Gasteiger partial charge >= 0.3 is 0 Å². The second-order valence-corrected chi connectivity index (χ2v) is 4.45. The summed E-state index contributed by atoms with van der Waals surface area (Å²) in [7, 11) is 2.13. The Morgan fingerprint density at radius 1 is 1.25 bits per heavy atom. The molecule has 0 N–H and O–H groups in total. The quantitative estimate of drug-likeness (QED) is 0.714. The first-order valence-electron chi connectivity index (χ1n) is 5.52. The van der Waals surface area contributed by atoms with Crippen molar-refractivity contribution in [3.05, 3.63) is 48.1 Å². The van der Waals surface area contributed by atoms with Gasteiger partial charge in [-0.3, -0.25) is 4.90 Å². The lowest BCUT2D eigenvalue weighted by Crippen LogP contribution is -2.53. The number of benzene rings is 1. The number of allylic oxidation sites excluding steroid dienone is 2. The van der Waals surface area contributed by atoms with Crippen molar-refractivity contribution in [3.8, 4) is 0 Å². The van der Waals surface area contributed by atoms with E-state index < -0.39 is 0 Å². The third-order valence-corrected chi connectivity index (χ3v) is 2.64. The van der Waals surface area contributed by atoms with Crippen molar-refractivity contribution >= 4 is 11.8 Å². The maximum Gasteiger partial charge on any atom is 0.0731 e. The smallest absolute Gasteiger partial charge is 0.0731 e. The fraction of sp³-hybridized carbons (Fsp3) is 0.286. The lowest BCUT2D eigenvalue weighted by molar-refractivity contribution is 0.232. The molecule has 0 spiro atoms. The van der Waals surface area contributed by atoms with E-state index >= 15 is 0 Å². The largest absolute Gasteiger partial charge is 0.345 e. The first-order valence-corrected chi connectivity index (χ1v) is 5.52. The molecule has 0 bridgehead atoms. The van der Waals surface area contributed by atoms with Gasteiger partial charge in [0.25, 0.3) is 0 Å². The van der Waals surface area contributed by atoms with E-state index in [1.165, 1.54) is 11.3 Å². The predicted octanol–water partition coefficient (Wildman–Crippen LogP) is 2.94. The van der Waals surface area contributed by atoms with E-state index in [2.05, 4.69) is 53.8 Å². The van der Waals surface area contributed by atoms with Gasteiger partial charge in [-0.1, -0.05) is 36.4 Å². The molecule has 1 aliphatic rings. The lowest BCUT2D eigenvalue weighted by Gasteiger charge is -2.41. The summed E-state index contributed by atoms with van der Waals surface area (Å²) in [5, 5.41) is 0.